The molecule has 0 aliphatic carbocycles. The summed E-state index contributed by atoms with van der Waals surface area (Å²) in [6.07, 6.45) is 0. The highest BCUT2D eigenvalue weighted by atomic mass is 79.9. The molecular formula is C13H20BrFN2O. The van der Waals surface area contributed by atoms with E-state index in [9.17, 15) is 9.50 Å². The average Bonchev–Trinajstić information content (AvgIpc) is 2.21. The molecule has 0 spiro atoms. The molecule has 0 radical (unpaired) electrons. The second kappa shape index (κ2) is 6.61. The van der Waals surface area contributed by atoms with Crippen molar-refractivity contribution in [2.45, 2.75) is 19.1 Å². The summed E-state index contributed by atoms with van der Waals surface area (Å²) in [6.45, 7) is 3.32. The first kappa shape index (κ1) is 15.6. The number of aliphatic hydroxyl groups is 1. The van der Waals surface area contributed by atoms with Crippen molar-refractivity contribution in [2.75, 3.05) is 27.2 Å². The zero-order valence-corrected chi connectivity index (χ0v) is 12.6. The van der Waals surface area contributed by atoms with Gasteiger partial charge in [-0.3, -0.25) is 0 Å². The monoisotopic (exact) mass is 318 g/mol. The molecule has 102 valence electrons. The normalized spacial score (nSPS) is 14.8. The van der Waals surface area contributed by atoms with Crippen LogP contribution in [0.15, 0.2) is 22.7 Å². The molecule has 1 aromatic carbocycles. The third-order valence-electron chi connectivity index (χ3n) is 2.49. The molecule has 0 bridgehead atoms. The molecular weight excluding hydrogens is 299 g/mol. The van der Waals surface area contributed by atoms with Crippen LogP contribution >= 0.6 is 15.9 Å². The predicted octanol–water partition coefficient (Wildman–Crippen LogP) is 1.99. The number of halogens is 2. The summed E-state index contributed by atoms with van der Waals surface area (Å²) in [5.41, 5.74) is 0.0409. The minimum atomic E-state index is -0.802. The van der Waals surface area contributed by atoms with E-state index in [0.717, 1.165) is 10.0 Å². The maximum absolute atomic E-state index is 13.1. The topological polar surface area (TPSA) is 35.5 Å². The van der Waals surface area contributed by atoms with Crippen LogP contribution in [0.25, 0.3) is 0 Å². The van der Waals surface area contributed by atoms with E-state index in [1.165, 1.54) is 12.1 Å². The van der Waals surface area contributed by atoms with E-state index >= 15 is 0 Å². The molecule has 0 saturated carbocycles. The van der Waals surface area contributed by atoms with E-state index in [2.05, 4.69) is 21.2 Å². The third-order valence-corrected chi connectivity index (χ3v) is 3.26. The summed E-state index contributed by atoms with van der Waals surface area (Å²) in [4.78, 5) is 1.93. The van der Waals surface area contributed by atoms with E-state index in [-0.39, 0.29) is 5.82 Å². The van der Waals surface area contributed by atoms with Gasteiger partial charge < -0.3 is 15.3 Å². The second-order valence-corrected chi connectivity index (χ2v) is 5.93. The summed E-state index contributed by atoms with van der Waals surface area (Å²) in [5, 5.41) is 13.2. The van der Waals surface area contributed by atoms with Gasteiger partial charge in [-0.25, -0.2) is 4.39 Å². The molecule has 0 saturated heterocycles. The standard InChI is InChI=1S/C13H20BrFN2O/c1-13(18,9-17(2)3)8-16-7-10-6-11(15)4-5-12(10)14/h4-6,16,18H,7-9H2,1-3H3. The van der Waals surface area contributed by atoms with Gasteiger partial charge in [0.1, 0.15) is 5.82 Å². The molecule has 3 nitrogen and oxygen atoms in total. The van der Waals surface area contributed by atoms with E-state index in [1.807, 2.05) is 19.0 Å². The molecule has 2 N–H and O–H groups in total. The Morgan fingerprint density at radius 1 is 1.44 bits per heavy atom. The highest BCUT2D eigenvalue weighted by Gasteiger charge is 2.20. The van der Waals surface area contributed by atoms with Crippen molar-refractivity contribution in [1.82, 2.24) is 10.2 Å². The van der Waals surface area contributed by atoms with E-state index in [0.29, 0.717) is 19.6 Å². The van der Waals surface area contributed by atoms with Crippen LogP contribution in [-0.2, 0) is 6.54 Å². The van der Waals surface area contributed by atoms with Gasteiger partial charge in [0.15, 0.2) is 0 Å². The Kier molecular flexibility index (Phi) is 5.72. The third kappa shape index (κ3) is 5.44. The van der Waals surface area contributed by atoms with Crippen molar-refractivity contribution in [2.24, 2.45) is 0 Å². The zero-order chi connectivity index (χ0) is 13.8. The van der Waals surface area contributed by atoms with Gasteiger partial charge in [0.2, 0.25) is 0 Å². The first-order valence-corrected chi connectivity index (χ1v) is 6.61. The van der Waals surface area contributed by atoms with Crippen LogP contribution in [0.2, 0.25) is 0 Å². The Morgan fingerprint density at radius 2 is 2.11 bits per heavy atom. The van der Waals surface area contributed by atoms with Gasteiger partial charge in [0.05, 0.1) is 5.60 Å². The van der Waals surface area contributed by atoms with Crippen molar-refractivity contribution < 1.29 is 9.50 Å². The lowest BCUT2D eigenvalue weighted by molar-refractivity contribution is 0.0336. The highest BCUT2D eigenvalue weighted by Crippen LogP contribution is 2.17. The summed E-state index contributed by atoms with van der Waals surface area (Å²) in [6, 6.07) is 4.58. The van der Waals surface area contributed by atoms with Crippen molar-refractivity contribution in [3.8, 4) is 0 Å². The molecule has 0 aromatic heterocycles. The van der Waals surface area contributed by atoms with Crippen molar-refractivity contribution in [1.29, 1.82) is 0 Å². The Balaban J connectivity index is 2.48. The first-order chi connectivity index (χ1) is 8.30. The van der Waals surface area contributed by atoms with Gasteiger partial charge in [-0.1, -0.05) is 15.9 Å². The molecule has 1 rings (SSSR count). The Morgan fingerprint density at radius 3 is 2.72 bits per heavy atom. The van der Waals surface area contributed by atoms with Crippen LogP contribution in [0.4, 0.5) is 4.39 Å². The quantitative estimate of drug-likeness (QED) is 0.842. The van der Waals surface area contributed by atoms with Crippen LogP contribution < -0.4 is 5.32 Å². The number of nitrogens with one attached hydrogen (secondary N) is 1. The summed E-state index contributed by atoms with van der Waals surface area (Å²) >= 11 is 3.37. The van der Waals surface area contributed by atoms with Gasteiger partial charge in [0, 0.05) is 24.1 Å². The fourth-order valence-electron chi connectivity index (χ4n) is 1.88. The van der Waals surface area contributed by atoms with Crippen molar-refractivity contribution >= 4 is 15.9 Å². The first-order valence-electron chi connectivity index (χ1n) is 5.82. The smallest absolute Gasteiger partial charge is 0.123 e. The van der Waals surface area contributed by atoms with E-state index in [1.54, 1.807) is 13.0 Å². The van der Waals surface area contributed by atoms with E-state index < -0.39 is 5.60 Å². The number of likely N-dealkylation sites (N-methyl/N-ethyl adjacent to an activating group) is 1. The van der Waals surface area contributed by atoms with Crippen molar-refractivity contribution in [3.63, 3.8) is 0 Å². The highest BCUT2D eigenvalue weighted by molar-refractivity contribution is 9.10. The summed E-state index contributed by atoms with van der Waals surface area (Å²) in [7, 11) is 3.83. The van der Waals surface area contributed by atoms with E-state index in [4.69, 9.17) is 0 Å². The lowest BCUT2D eigenvalue weighted by atomic mass is 10.1. The number of hydrogen-bond donors (Lipinski definition) is 2. The largest absolute Gasteiger partial charge is 0.388 e. The zero-order valence-electron chi connectivity index (χ0n) is 11.0. The van der Waals surface area contributed by atoms with Gasteiger partial charge in [0.25, 0.3) is 0 Å². The molecule has 0 amide bonds. The number of rotatable bonds is 6. The molecule has 5 heteroatoms. The fraction of sp³-hybridized carbons (Fsp3) is 0.538. The van der Waals surface area contributed by atoms with Gasteiger partial charge >= 0.3 is 0 Å². The molecule has 1 atom stereocenters. The van der Waals surface area contributed by atoms with Crippen LogP contribution in [0.1, 0.15) is 12.5 Å². The van der Waals surface area contributed by atoms with Gasteiger partial charge in [-0.15, -0.1) is 0 Å². The van der Waals surface area contributed by atoms with Crippen LogP contribution in [0, 0.1) is 5.82 Å². The summed E-state index contributed by atoms with van der Waals surface area (Å²) in [5.74, 6) is -0.255. The molecule has 18 heavy (non-hydrogen) atoms. The average molecular weight is 319 g/mol. The second-order valence-electron chi connectivity index (χ2n) is 5.07. The number of nitrogens with zero attached hydrogens (tertiary/aromatic N) is 1. The summed E-state index contributed by atoms with van der Waals surface area (Å²) < 4.78 is 13.9. The number of benzene rings is 1. The Hall–Kier alpha value is -0.490. The maximum atomic E-state index is 13.1. The molecule has 0 aliphatic rings. The Bertz CT molecular complexity index is 397. The molecule has 0 heterocycles. The molecule has 1 unspecified atom stereocenters. The minimum Gasteiger partial charge on any atom is -0.388 e. The maximum Gasteiger partial charge on any atom is 0.123 e. The number of hydrogen-bond acceptors (Lipinski definition) is 3. The lowest BCUT2D eigenvalue weighted by Crippen LogP contribution is -2.45. The van der Waals surface area contributed by atoms with Crippen LogP contribution in [0.5, 0.6) is 0 Å². The SMILES string of the molecule is CN(C)CC(C)(O)CNCc1cc(F)ccc1Br. The Labute approximate surface area is 116 Å². The lowest BCUT2D eigenvalue weighted by Gasteiger charge is -2.27. The fourth-order valence-corrected chi connectivity index (χ4v) is 2.27. The minimum absolute atomic E-state index is 0.255. The molecule has 0 aliphatic heterocycles. The van der Waals surface area contributed by atoms with Crippen molar-refractivity contribution in [3.05, 3.63) is 34.1 Å². The van der Waals surface area contributed by atoms with Gasteiger partial charge in [-0.05, 0) is 44.8 Å². The molecule has 0 fully saturated rings. The molecule has 1 aromatic rings. The van der Waals surface area contributed by atoms with Gasteiger partial charge in [-0.2, -0.15) is 0 Å². The predicted molar refractivity (Wildman–Crippen MR) is 75.0 cm³/mol. The van der Waals surface area contributed by atoms with Crippen LogP contribution in [0.3, 0.4) is 0 Å². The van der Waals surface area contributed by atoms with Crippen LogP contribution in [-0.4, -0.2) is 42.8 Å².